The molecule has 0 radical (unpaired) electrons. The Morgan fingerprint density at radius 2 is 2.12 bits per heavy atom. The summed E-state index contributed by atoms with van der Waals surface area (Å²) < 4.78 is 40.4. The van der Waals surface area contributed by atoms with Crippen molar-refractivity contribution < 1.29 is 17.5 Å². The highest BCUT2D eigenvalue weighted by Crippen LogP contribution is 2.20. The summed E-state index contributed by atoms with van der Waals surface area (Å²) in [5.41, 5.74) is 5.72. The molecule has 96 valence electrons. The molecule has 0 aliphatic carbocycles. The van der Waals surface area contributed by atoms with Crippen molar-refractivity contribution in [2.45, 2.75) is 13.0 Å². The van der Waals surface area contributed by atoms with E-state index in [1.807, 2.05) is 0 Å². The maximum absolute atomic E-state index is 13.3. The van der Waals surface area contributed by atoms with Crippen LogP contribution in [0.15, 0.2) is 18.2 Å². The van der Waals surface area contributed by atoms with E-state index in [1.165, 1.54) is 18.4 Å². The largest absolute Gasteiger partial charge is 0.493 e. The first-order chi connectivity index (χ1) is 7.94. The van der Waals surface area contributed by atoms with Gasteiger partial charge in [-0.05, 0) is 18.6 Å². The number of sulfone groups is 1. The molecule has 0 saturated heterocycles. The zero-order chi connectivity index (χ0) is 12.9. The number of rotatable bonds is 6. The molecule has 0 unspecified atom stereocenters. The first-order valence-electron chi connectivity index (χ1n) is 5.22. The Morgan fingerprint density at radius 3 is 2.71 bits per heavy atom. The monoisotopic (exact) mass is 261 g/mol. The van der Waals surface area contributed by atoms with Gasteiger partial charge in [-0.15, -0.1) is 0 Å². The molecule has 0 aliphatic heterocycles. The molecule has 0 spiro atoms. The standard InChI is InChI=1S/C11H16FNO3S/c1-17(14,15)7-3-6-16-11-5-2-4-10(12)9(11)8-13/h2,4-5H,3,6-8,13H2,1H3. The number of nitrogens with two attached hydrogens (primary N) is 1. The van der Waals surface area contributed by atoms with E-state index >= 15 is 0 Å². The molecule has 0 aromatic heterocycles. The van der Waals surface area contributed by atoms with Gasteiger partial charge in [0.2, 0.25) is 0 Å². The summed E-state index contributed by atoms with van der Waals surface area (Å²) >= 11 is 0. The predicted octanol–water partition coefficient (Wildman–Crippen LogP) is 1.10. The highest BCUT2D eigenvalue weighted by Gasteiger charge is 2.08. The van der Waals surface area contributed by atoms with E-state index in [4.69, 9.17) is 10.5 Å². The van der Waals surface area contributed by atoms with Crippen LogP contribution >= 0.6 is 0 Å². The van der Waals surface area contributed by atoms with Crippen LogP contribution in [0.1, 0.15) is 12.0 Å². The fourth-order valence-electron chi connectivity index (χ4n) is 1.38. The van der Waals surface area contributed by atoms with Gasteiger partial charge in [0.05, 0.1) is 12.4 Å². The quantitative estimate of drug-likeness (QED) is 0.778. The van der Waals surface area contributed by atoms with E-state index in [-0.39, 0.29) is 18.9 Å². The smallest absolute Gasteiger partial charge is 0.147 e. The molecular weight excluding hydrogens is 245 g/mol. The van der Waals surface area contributed by atoms with Crippen LogP contribution in [-0.4, -0.2) is 27.0 Å². The van der Waals surface area contributed by atoms with Crippen LogP contribution < -0.4 is 10.5 Å². The van der Waals surface area contributed by atoms with Crippen LogP contribution in [-0.2, 0) is 16.4 Å². The van der Waals surface area contributed by atoms with E-state index in [0.29, 0.717) is 17.7 Å². The van der Waals surface area contributed by atoms with Crippen molar-refractivity contribution in [1.82, 2.24) is 0 Å². The van der Waals surface area contributed by atoms with Crippen molar-refractivity contribution in [1.29, 1.82) is 0 Å². The van der Waals surface area contributed by atoms with Crippen LogP contribution in [0.2, 0.25) is 0 Å². The lowest BCUT2D eigenvalue weighted by molar-refractivity contribution is 0.312. The van der Waals surface area contributed by atoms with E-state index < -0.39 is 15.7 Å². The second-order valence-corrected chi connectivity index (χ2v) is 6.01. The predicted molar refractivity (Wildman–Crippen MR) is 64.1 cm³/mol. The molecule has 0 saturated carbocycles. The molecule has 17 heavy (non-hydrogen) atoms. The molecule has 0 heterocycles. The topological polar surface area (TPSA) is 69.4 Å². The van der Waals surface area contributed by atoms with Crippen molar-refractivity contribution in [2.24, 2.45) is 5.73 Å². The van der Waals surface area contributed by atoms with E-state index in [0.717, 1.165) is 0 Å². The average molecular weight is 261 g/mol. The van der Waals surface area contributed by atoms with Crippen LogP contribution in [0.3, 0.4) is 0 Å². The summed E-state index contributed by atoms with van der Waals surface area (Å²) in [7, 11) is -2.98. The van der Waals surface area contributed by atoms with Gasteiger partial charge in [0.25, 0.3) is 0 Å². The molecule has 0 fully saturated rings. The lowest BCUT2D eigenvalue weighted by atomic mass is 10.2. The number of hydrogen-bond donors (Lipinski definition) is 1. The van der Waals surface area contributed by atoms with Crippen molar-refractivity contribution in [2.75, 3.05) is 18.6 Å². The molecule has 4 nitrogen and oxygen atoms in total. The van der Waals surface area contributed by atoms with Crippen molar-refractivity contribution in [3.05, 3.63) is 29.6 Å². The second kappa shape index (κ2) is 5.97. The summed E-state index contributed by atoms with van der Waals surface area (Å²) in [5.74, 6) is 0.0226. The van der Waals surface area contributed by atoms with Crippen molar-refractivity contribution >= 4 is 9.84 Å². The van der Waals surface area contributed by atoms with Gasteiger partial charge in [-0.2, -0.15) is 0 Å². The van der Waals surface area contributed by atoms with Gasteiger partial charge in [0.15, 0.2) is 0 Å². The number of hydrogen-bond acceptors (Lipinski definition) is 4. The summed E-state index contributed by atoms with van der Waals surface area (Å²) in [6.45, 7) is 0.275. The molecule has 0 bridgehead atoms. The van der Waals surface area contributed by atoms with E-state index in [1.54, 1.807) is 6.07 Å². The fraction of sp³-hybridized carbons (Fsp3) is 0.455. The van der Waals surface area contributed by atoms with Gasteiger partial charge in [-0.1, -0.05) is 6.07 Å². The van der Waals surface area contributed by atoms with Crippen LogP contribution in [0.4, 0.5) is 4.39 Å². The lowest BCUT2D eigenvalue weighted by Crippen LogP contribution is -2.10. The van der Waals surface area contributed by atoms with Gasteiger partial charge >= 0.3 is 0 Å². The minimum absolute atomic E-state index is 0.0497. The highest BCUT2D eigenvalue weighted by molar-refractivity contribution is 7.90. The van der Waals surface area contributed by atoms with Gasteiger partial charge < -0.3 is 10.5 Å². The zero-order valence-corrected chi connectivity index (χ0v) is 10.5. The number of halogens is 1. The third-order valence-electron chi connectivity index (χ3n) is 2.20. The Morgan fingerprint density at radius 1 is 1.41 bits per heavy atom. The van der Waals surface area contributed by atoms with E-state index in [2.05, 4.69) is 0 Å². The molecule has 0 atom stereocenters. The van der Waals surface area contributed by atoms with Crippen LogP contribution in [0.5, 0.6) is 5.75 Å². The minimum atomic E-state index is -2.98. The fourth-order valence-corrected chi connectivity index (χ4v) is 2.02. The molecular formula is C11H16FNO3S. The van der Waals surface area contributed by atoms with Crippen LogP contribution in [0, 0.1) is 5.82 Å². The zero-order valence-electron chi connectivity index (χ0n) is 9.65. The Kier molecular flexibility index (Phi) is 4.89. The maximum atomic E-state index is 13.3. The Labute approximate surface area is 101 Å². The average Bonchev–Trinajstić information content (AvgIpc) is 2.23. The minimum Gasteiger partial charge on any atom is -0.493 e. The number of ether oxygens (including phenoxy) is 1. The van der Waals surface area contributed by atoms with E-state index in [9.17, 15) is 12.8 Å². The third-order valence-corrected chi connectivity index (χ3v) is 3.23. The summed E-state index contributed by atoms with van der Waals surface area (Å²) in [6, 6.07) is 4.46. The first kappa shape index (κ1) is 13.9. The van der Waals surface area contributed by atoms with Crippen molar-refractivity contribution in [3.8, 4) is 5.75 Å². The van der Waals surface area contributed by atoms with Gasteiger partial charge in [-0.3, -0.25) is 0 Å². The summed E-state index contributed by atoms with van der Waals surface area (Å²) in [6.07, 6.45) is 1.54. The second-order valence-electron chi connectivity index (χ2n) is 3.75. The number of benzene rings is 1. The normalized spacial score (nSPS) is 11.5. The molecule has 1 aromatic carbocycles. The lowest BCUT2D eigenvalue weighted by Gasteiger charge is -2.10. The Balaban J connectivity index is 2.55. The highest BCUT2D eigenvalue weighted by atomic mass is 32.2. The maximum Gasteiger partial charge on any atom is 0.147 e. The van der Waals surface area contributed by atoms with Gasteiger partial charge in [-0.25, -0.2) is 12.8 Å². The molecule has 0 amide bonds. The van der Waals surface area contributed by atoms with Gasteiger partial charge in [0, 0.05) is 18.4 Å². The molecule has 6 heteroatoms. The molecule has 1 aromatic rings. The molecule has 0 aliphatic rings. The third kappa shape index (κ3) is 4.70. The Hall–Kier alpha value is -1.14. The first-order valence-corrected chi connectivity index (χ1v) is 7.28. The van der Waals surface area contributed by atoms with Gasteiger partial charge in [0.1, 0.15) is 21.4 Å². The van der Waals surface area contributed by atoms with Crippen LogP contribution in [0.25, 0.3) is 0 Å². The Bertz CT molecular complexity index is 474. The van der Waals surface area contributed by atoms with Crippen molar-refractivity contribution in [3.63, 3.8) is 0 Å². The molecule has 2 N–H and O–H groups in total. The molecule has 1 rings (SSSR count). The summed E-state index contributed by atoms with van der Waals surface area (Å²) in [4.78, 5) is 0. The SMILES string of the molecule is CS(=O)(=O)CCCOc1cccc(F)c1CN. The summed E-state index contributed by atoms with van der Waals surface area (Å²) in [5, 5.41) is 0.